The molecule has 0 spiro atoms. The minimum atomic E-state index is 0.347. The van der Waals surface area contributed by atoms with E-state index in [2.05, 4.69) is 24.1 Å². The smallest absolute Gasteiger partial charge is 0.131 e. The number of anilines is 1. The normalized spacial score (nSPS) is 10.6. The highest BCUT2D eigenvalue weighted by atomic mass is 35.5. The van der Waals surface area contributed by atoms with Gasteiger partial charge >= 0.3 is 0 Å². The number of pyridine rings is 1. The Morgan fingerprint density at radius 3 is 2.86 bits per heavy atom. The van der Waals surface area contributed by atoms with E-state index in [1.807, 2.05) is 12.1 Å². The van der Waals surface area contributed by atoms with Crippen molar-refractivity contribution in [2.75, 3.05) is 5.32 Å². The Bertz CT molecular complexity index is 304. The van der Waals surface area contributed by atoms with Gasteiger partial charge in [-0.05, 0) is 31.5 Å². The summed E-state index contributed by atoms with van der Waals surface area (Å²) in [6.07, 6.45) is 0. The van der Waals surface area contributed by atoms with Crippen LogP contribution in [0.1, 0.15) is 19.4 Å². The third kappa shape index (κ3) is 3.74. The van der Waals surface area contributed by atoms with Crippen molar-refractivity contribution in [2.24, 2.45) is 5.14 Å². The minimum Gasteiger partial charge on any atom is -0.368 e. The fraction of sp³-hybridized carbons (Fsp3) is 0.444. The lowest BCUT2D eigenvalue weighted by Crippen LogP contribution is -2.11. The van der Waals surface area contributed by atoms with Crippen molar-refractivity contribution in [3.05, 3.63) is 22.8 Å². The molecule has 0 atom stereocenters. The molecule has 0 unspecified atom stereocenters. The Hall–Kier alpha value is -0.450. The zero-order valence-corrected chi connectivity index (χ0v) is 9.82. The van der Waals surface area contributed by atoms with Crippen LogP contribution >= 0.6 is 23.5 Å². The zero-order chi connectivity index (χ0) is 10.6. The number of hydrogen-bond donors (Lipinski definition) is 2. The Morgan fingerprint density at radius 2 is 2.29 bits per heavy atom. The van der Waals surface area contributed by atoms with Gasteiger partial charge in [-0.3, -0.25) is 5.14 Å². The molecule has 0 amide bonds. The number of nitrogens with two attached hydrogens (primary N) is 1. The number of nitrogens with one attached hydrogen (secondary N) is 1. The average Bonchev–Trinajstić information content (AvgIpc) is 2.01. The van der Waals surface area contributed by atoms with Crippen molar-refractivity contribution in [1.82, 2.24) is 4.98 Å². The lowest BCUT2D eigenvalue weighted by Gasteiger charge is -2.10. The first-order valence-electron chi connectivity index (χ1n) is 4.36. The highest BCUT2D eigenvalue weighted by Crippen LogP contribution is 2.17. The highest BCUT2D eigenvalue weighted by molar-refractivity contribution is 7.96. The Labute approximate surface area is 93.6 Å². The SMILES string of the molecule is CC(C)Nc1cc(CSN)cc(Cl)n1. The number of nitrogens with zero attached hydrogens (tertiary/aromatic N) is 1. The predicted octanol–water partition coefficient (Wildman–Crippen LogP) is 2.66. The monoisotopic (exact) mass is 231 g/mol. The molecule has 5 heteroatoms. The van der Waals surface area contributed by atoms with Gasteiger partial charge in [0.25, 0.3) is 0 Å². The van der Waals surface area contributed by atoms with E-state index in [-0.39, 0.29) is 0 Å². The molecule has 0 saturated heterocycles. The first kappa shape index (κ1) is 11.6. The Kier molecular flexibility index (Phi) is 4.51. The van der Waals surface area contributed by atoms with E-state index in [9.17, 15) is 0 Å². The molecule has 0 fully saturated rings. The molecule has 78 valence electrons. The summed E-state index contributed by atoms with van der Waals surface area (Å²) < 4.78 is 0. The van der Waals surface area contributed by atoms with Gasteiger partial charge in [-0.1, -0.05) is 23.5 Å². The van der Waals surface area contributed by atoms with Gasteiger partial charge in [-0.15, -0.1) is 0 Å². The molecule has 0 saturated carbocycles. The van der Waals surface area contributed by atoms with E-state index in [0.29, 0.717) is 11.2 Å². The molecular formula is C9H14ClN3S. The van der Waals surface area contributed by atoms with Crippen LogP contribution in [0.15, 0.2) is 12.1 Å². The van der Waals surface area contributed by atoms with Crippen molar-refractivity contribution in [2.45, 2.75) is 25.6 Å². The van der Waals surface area contributed by atoms with Crippen LogP contribution in [0.2, 0.25) is 5.15 Å². The molecule has 3 nitrogen and oxygen atoms in total. The van der Waals surface area contributed by atoms with Crippen molar-refractivity contribution in [1.29, 1.82) is 0 Å². The first-order chi connectivity index (χ1) is 6.61. The van der Waals surface area contributed by atoms with E-state index in [4.69, 9.17) is 16.7 Å². The van der Waals surface area contributed by atoms with Crippen molar-refractivity contribution in [3.63, 3.8) is 0 Å². The van der Waals surface area contributed by atoms with Gasteiger partial charge in [0, 0.05) is 11.8 Å². The van der Waals surface area contributed by atoms with E-state index in [0.717, 1.165) is 17.1 Å². The van der Waals surface area contributed by atoms with Gasteiger partial charge in [-0.2, -0.15) is 0 Å². The van der Waals surface area contributed by atoms with Crippen LogP contribution < -0.4 is 10.5 Å². The molecule has 1 heterocycles. The fourth-order valence-corrected chi connectivity index (χ4v) is 1.69. The van der Waals surface area contributed by atoms with Gasteiger partial charge in [0.1, 0.15) is 11.0 Å². The zero-order valence-electron chi connectivity index (χ0n) is 8.25. The lowest BCUT2D eigenvalue weighted by molar-refractivity contribution is 0.888. The van der Waals surface area contributed by atoms with E-state index in [1.54, 1.807) is 0 Å². The quantitative estimate of drug-likeness (QED) is 0.618. The Balaban J connectivity index is 2.83. The molecule has 1 aromatic rings. The summed E-state index contributed by atoms with van der Waals surface area (Å²) in [6.45, 7) is 4.11. The predicted molar refractivity (Wildman–Crippen MR) is 63.5 cm³/mol. The standard InChI is InChI=1S/C9H14ClN3S/c1-6(2)12-9-4-7(5-14-11)3-8(10)13-9/h3-4,6H,5,11H2,1-2H3,(H,12,13). The van der Waals surface area contributed by atoms with Gasteiger partial charge in [0.15, 0.2) is 0 Å². The summed E-state index contributed by atoms with van der Waals surface area (Å²) in [6, 6.07) is 4.14. The van der Waals surface area contributed by atoms with Crippen LogP contribution in [0.25, 0.3) is 0 Å². The fourth-order valence-electron chi connectivity index (χ4n) is 1.10. The molecule has 3 N–H and O–H groups in total. The molecule has 14 heavy (non-hydrogen) atoms. The molecular weight excluding hydrogens is 218 g/mol. The summed E-state index contributed by atoms with van der Waals surface area (Å²) in [4.78, 5) is 4.16. The second-order valence-electron chi connectivity index (χ2n) is 3.29. The Morgan fingerprint density at radius 1 is 1.57 bits per heavy atom. The molecule has 0 aromatic carbocycles. The molecule has 0 aliphatic heterocycles. The molecule has 0 aliphatic carbocycles. The molecule has 0 radical (unpaired) electrons. The third-order valence-electron chi connectivity index (χ3n) is 1.54. The largest absolute Gasteiger partial charge is 0.368 e. The van der Waals surface area contributed by atoms with Crippen LogP contribution in [-0.2, 0) is 5.75 Å². The highest BCUT2D eigenvalue weighted by Gasteiger charge is 2.02. The van der Waals surface area contributed by atoms with E-state index in [1.165, 1.54) is 11.9 Å². The summed E-state index contributed by atoms with van der Waals surface area (Å²) in [5.41, 5.74) is 1.08. The first-order valence-corrected chi connectivity index (χ1v) is 5.79. The lowest BCUT2D eigenvalue weighted by atomic mass is 10.3. The molecule has 1 aromatic heterocycles. The second kappa shape index (κ2) is 5.44. The van der Waals surface area contributed by atoms with Crippen LogP contribution in [0.4, 0.5) is 5.82 Å². The van der Waals surface area contributed by atoms with Crippen LogP contribution in [0.5, 0.6) is 0 Å². The van der Waals surface area contributed by atoms with Crippen molar-refractivity contribution >= 4 is 29.4 Å². The molecule has 0 bridgehead atoms. The van der Waals surface area contributed by atoms with Crippen LogP contribution in [0, 0.1) is 0 Å². The third-order valence-corrected chi connectivity index (χ3v) is 2.23. The molecule has 0 aliphatic rings. The number of aromatic nitrogens is 1. The molecule has 1 rings (SSSR count). The second-order valence-corrected chi connectivity index (χ2v) is 4.30. The van der Waals surface area contributed by atoms with E-state index >= 15 is 0 Å². The van der Waals surface area contributed by atoms with Gasteiger partial charge in [0.2, 0.25) is 0 Å². The maximum absolute atomic E-state index is 5.87. The average molecular weight is 232 g/mol. The summed E-state index contributed by atoms with van der Waals surface area (Å²) in [5, 5.41) is 9.09. The van der Waals surface area contributed by atoms with Gasteiger partial charge < -0.3 is 5.32 Å². The summed E-state index contributed by atoms with van der Waals surface area (Å²) >= 11 is 7.14. The topological polar surface area (TPSA) is 50.9 Å². The summed E-state index contributed by atoms with van der Waals surface area (Å²) in [7, 11) is 0. The maximum atomic E-state index is 5.87. The number of halogens is 1. The van der Waals surface area contributed by atoms with Crippen molar-refractivity contribution in [3.8, 4) is 0 Å². The van der Waals surface area contributed by atoms with Crippen LogP contribution in [0.3, 0.4) is 0 Å². The maximum Gasteiger partial charge on any atom is 0.131 e. The van der Waals surface area contributed by atoms with Crippen molar-refractivity contribution < 1.29 is 0 Å². The van der Waals surface area contributed by atoms with E-state index < -0.39 is 0 Å². The number of hydrogen-bond acceptors (Lipinski definition) is 4. The van der Waals surface area contributed by atoms with Crippen LogP contribution in [-0.4, -0.2) is 11.0 Å². The number of rotatable bonds is 4. The van der Waals surface area contributed by atoms with Gasteiger partial charge in [-0.25, -0.2) is 4.98 Å². The summed E-state index contributed by atoms with van der Waals surface area (Å²) in [5.74, 6) is 1.55. The van der Waals surface area contributed by atoms with Gasteiger partial charge in [0.05, 0.1) is 0 Å². The minimum absolute atomic E-state index is 0.347.